The van der Waals surface area contributed by atoms with E-state index >= 15 is 0 Å². The third-order valence-corrected chi connectivity index (χ3v) is 0.707. The van der Waals surface area contributed by atoms with Gasteiger partial charge in [-0.25, -0.2) is 4.39 Å². The number of rotatable bonds is 0. The lowest BCUT2D eigenvalue weighted by Crippen LogP contribution is -1.79. The molecule has 0 saturated heterocycles. The number of allylic oxidation sites excluding steroid dienone is 4. The van der Waals surface area contributed by atoms with Gasteiger partial charge in [-0.05, 0) is 18.6 Å². The Morgan fingerprint density at radius 1 is 1.71 bits per heavy atom. The number of hydrogen-bond acceptors (Lipinski definition) is 0. The second-order valence-corrected chi connectivity index (χ2v) is 1.24. The fourth-order valence-corrected chi connectivity index (χ4v) is 0.385. The second kappa shape index (κ2) is 1.92. The van der Waals surface area contributed by atoms with E-state index in [2.05, 4.69) is 12.5 Å². The molecule has 0 amide bonds. The van der Waals surface area contributed by atoms with Crippen LogP contribution in [0, 0.1) is 12.5 Å². The summed E-state index contributed by atoms with van der Waals surface area (Å²) in [5.74, 6) is -0.279. The van der Waals surface area contributed by atoms with Crippen LogP contribution in [0.5, 0.6) is 0 Å². The van der Waals surface area contributed by atoms with Gasteiger partial charge in [0.25, 0.3) is 0 Å². The van der Waals surface area contributed by atoms with Crippen LogP contribution in [0.2, 0.25) is 0 Å². The van der Waals surface area contributed by atoms with Crippen LogP contribution in [-0.4, -0.2) is 0 Å². The quantitative estimate of drug-likeness (QED) is 0.429. The molecule has 35 valence electrons. The standard InChI is InChI=1S/C6H4F/c7-6-4-2-1-3-5-6/h2,4H,3H2. The molecule has 0 fully saturated rings. The molecular weight excluding hydrogens is 91.1 g/mol. The van der Waals surface area contributed by atoms with Crippen molar-refractivity contribution in [2.75, 3.05) is 0 Å². The molecule has 0 aromatic rings. The monoisotopic (exact) mass is 95.0 g/mol. The molecule has 0 N–H and O–H groups in total. The molecule has 1 aliphatic rings. The first-order chi connectivity index (χ1) is 3.39. The number of hydrogen-bond donors (Lipinski definition) is 0. The van der Waals surface area contributed by atoms with Crippen LogP contribution in [0.1, 0.15) is 6.42 Å². The van der Waals surface area contributed by atoms with E-state index in [0.717, 1.165) is 0 Å². The summed E-state index contributed by atoms with van der Waals surface area (Å²) in [4.78, 5) is 0. The Morgan fingerprint density at radius 2 is 2.57 bits per heavy atom. The zero-order chi connectivity index (χ0) is 5.11. The second-order valence-electron chi connectivity index (χ2n) is 1.24. The maximum absolute atomic E-state index is 11.9. The molecule has 0 atom stereocenters. The van der Waals surface area contributed by atoms with E-state index < -0.39 is 0 Å². The van der Waals surface area contributed by atoms with Crippen LogP contribution in [0.15, 0.2) is 18.0 Å². The molecule has 0 aromatic carbocycles. The minimum absolute atomic E-state index is 0.279. The topological polar surface area (TPSA) is 0 Å². The highest BCUT2D eigenvalue weighted by atomic mass is 19.1. The zero-order valence-electron chi connectivity index (χ0n) is 3.74. The molecule has 1 heteroatoms. The fourth-order valence-electron chi connectivity index (χ4n) is 0.385. The summed E-state index contributed by atoms with van der Waals surface area (Å²) >= 11 is 0. The first-order valence-electron chi connectivity index (χ1n) is 2.06. The summed E-state index contributed by atoms with van der Waals surface area (Å²) in [7, 11) is 0. The predicted molar refractivity (Wildman–Crippen MR) is 24.9 cm³/mol. The highest BCUT2D eigenvalue weighted by Gasteiger charge is 1.95. The Bertz CT molecular complexity index is 111. The molecule has 0 saturated carbocycles. The van der Waals surface area contributed by atoms with E-state index in [1.165, 1.54) is 6.08 Å². The Morgan fingerprint density at radius 3 is 2.86 bits per heavy atom. The third kappa shape index (κ3) is 1.15. The van der Waals surface area contributed by atoms with E-state index in [-0.39, 0.29) is 5.83 Å². The van der Waals surface area contributed by atoms with Crippen LogP contribution in [0.4, 0.5) is 4.39 Å². The normalized spacial score (nSPS) is 19.3. The maximum Gasteiger partial charge on any atom is 0.108 e. The average Bonchev–Trinajstić information content (AvgIpc) is 1.69. The van der Waals surface area contributed by atoms with E-state index in [9.17, 15) is 4.39 Å². The highest BCUT2D eigenvalue weighted by molar-refractivity contribution is 5.17. The van der Waals surface area contributed by atoms with Gasteiger partial charge in [-0.3, -0.25) is 0 Å². The lowest BCUT2D eigenvalue weighted by molar-refractivity contribution is 0.639. The molecule has 0 heterocycles. The molecule has 1 aliphatic carbocycles. The fraction of sp³-hybridized carbons (Fsp3) is 0.167. The van der Waals surface area contributed by atoms with Crippen LogP contribution >= 0.6 is 0 Å². The van der Waals surface area contributed by atoms with Gasteiger partial charge in [-0.2, -0.15) is 0 Å². The summed E-state index contributed by atoms with van der Waals surface area (Å²) < 4.78 is 11.9. The Kier molecular flexibility index (Phi) is 1.25. The van der Waals surface area contributed by atoms with Gasteiger partial charge in [0.15, 0.2) is 0 Å². The van der Waals surface area contributed by atoms with Crippen molar-refractivity contribution >= 4 is 0 Å². The van der Waals surface area contributed by atoms with E-state index in [4.69, 9.17) is 0 Å². The van der Waals surface area contributed by atoms with E-state index in [1.807, 2.05) is 0 Å². The SMILES string of the molecule is FC1=CC=[C]C[C]1. The first kappa shape index (κ1) is 4.57. The Labute approximate surface area is 42.3 Å². The maximum atomic E-state index is 11.9. The lowest BCUT2D eigenvalue weighted by Gasteiger charge is -1.92. The predicted octanol–water partition coefficient (Wildman–Crippen LogP) is 1.68. The van der Waals surface area contributed by atoms with Gasteiger partial charge in [0.2, 0.25) is 0 Å². The lowest BCUT2D eigenvalue weighted by atomic mass is 10.2. The average molecular weight is 95.1 g/mol. The van der Waals surface area contributed by atoms with Gasteiger partial charge in [0.1, 0.15) is 5.83 Å². The molecule has 3 radical (unpaired) electrons. The Balaban J connectivity index is 2.57. The van der Waals surface area contributed by atoms with Gasteiger partial charge in [0, 0.05) is 0 Å². The summed E-state index contributed by atoms with van der Waals surface area (Å²) in [5, 5.41) is 0. The van der Waals surface area contributed by atoms with Gasteiger partial charge < -0.3 is 0 Å². The van der Waals surface area contributed by atoms with Crippen molar-refractivity contribution in [3.05, 3.63) is 30.5 Å². The summed E-state index contributed by atoms with van der Waals surface area (Å²) in [6.45, 7) is 0. The smallest absolute Gasteiger partial charge is 0.108 e. The highest BCUT2D eigenvalue weighted by Crippen LogP contribution is 2.09. The molecule has 7 heavy (non-hydrogen) atoms. The van der Waals surface area contributed by atoms with Crippen molar-refractivity contribution in [3.63, 3.8) is 0 Å². The largest absolute Gasteiger partial charge is 0.211 e. The van der Waals surface area contributed by atoms with Crippen LogP contribution in [0.25, 0.3) is 0 Å². The first-order valence-corrected chi connectivity index (χ1v) is 2.06. The Hall–Kier alpha value is -0.590. The molecule has 0 bridgehead atoms. The zero-order valence-corrected chi connectivity index (χ0v) is 3.74. The minimum Gasteiger partial charge on any atom is -0.211 e. The van der Waals surface area contributed by atoms with Crippen molar-refractivity contribution in [1.29, 1.82) is 0 Å². The molecule has 0 spiro atoms. The molecule has 1 rings (SSSR count). The van der Waals surface area contributed by atoms with Gasteiger partial charge >= 0.3 is 0 Å². The van der Waals surface area contributed by atoms with Crippen molar-refractivity contribution in [2.24, 2.45) is 0 Å². The van der Waals surface area contributed by atoms with Crippen LogP contribution in [0.3, 0.4) is 0 Å². The summed E-state index contributed by atoms with van der Waals surface area (Å²) in [6, 6.07) is 0. The van der Waals surface area contributed by atoms with Crippen molar-refractivity contribution in [1.82, 2.24) is 0 Å². The van der Waals surface area contributed by atoms with Gasteiger partial charge in [-0.15, -0.1) is 0 Å². The van der Waals surface area contributed by atoms with E-state index in [0.29, 0.717) is 6.42 Å². The van der Waals surface area contributed by atoms with E-state index in [1.54, 1.807) is 6.08 Å². The van der Waals surface area contributed by atoms with Crippen LogP contribution < -0.4 is 0 Å². The van der Waals surface area contributed by atoms with Crippen molar-refractivity contribution in [3.8, 4) is 0 Å². The summed E-state index contributed by atoms with van der Waals surface area (Å²) in [6.07, 6.45) is 8.58. The summed E-state index contributed by atoms with van der Waals surface area (Å²) in [5.41, 5.74) is 0. The molecule has 0 unspecified atom stereocenters. The number of halogens is 1. The minimum atomic E-state index is -0.279. The molecule has 0 aromatic heterocycles. The van der Waals surface area contributed by atoms with Gasteiger partial charge in [0.05, 0.1) is 6.42 Å². The third-order valence-electron chi connectivity index (χ3n) is 0.707. The van der Waals surface area contributed by atoms with Gasteiger partial charge in [-0.1, -0.05) is 6.08 Å². The van der Waals surface area contributed by atoms with Crippen molar-refractivity contribution < 1.29 is 4.39 Å². The molecular formula is C6H4F. The molecule has 0 nitrogen and oxygen atoms in total. The van der Waals surface area contributed by atoms with Crippen LogP contribution in [-0.2, 0) is 0 Å². The van der Waals surface area contributed by atoms with Crippen molar-refractivity contribution in [2.45, 2.75) is 6.42 Å². The molecule has 0 aliphatic heterocycles.